The number of benzene rings is 1. The number of pyridine rings is 1. The van der Waals surface area contributed by atoms with Crippen LogP contribution in [0.3, 0.4) is 0 Å². The van der Waals surface area contributed by atoms with Crippen LogP contribution in [0.4, 0.5) is 0 Å². The maximum atomic E-state index is 5.26. The van der Waals surface area contributed by atoms with E-state index < -0.39 is 0 Å². The molecule has 0 atom stereocenters. The monoisotopic (exact) mass is 354 g/mol. The minimum absolute atomic E-state index is 0.156. The van der Waals surface area contributed by atoms with E-state index in [1.807, 2.05) is 18.3 Å². The van der Waals surface area contributed by atoms with Crippen LogP contribution in [0.5, 0.6) is 5.75 Å². The standard InChI is InChI=1S/C22H30N2O2/c1-22(2,24-14-19(15-24)16-25-3)12-18-5-8-20(23-13-18)11-17-6-9-21(26-4)10-7-17/h5-10,13,19H,11-12,14-16H2,1-4H3. The smallest absolute Gasteiger partial charge is 0.118 e. The molecule has 0 aliphatic carbocycles. The summed E-state index contributed by atoms with van der Waals surface area (Å²) in [5.74, 6) is 1.57. The average molecular weight is 354 g/mol. The van der Waals surface area contributed by atoms with Crippen molar-refractivity contribution in [3.05, 3.63) is 59.4 Å². The zero-order valence-electron chi connectivity index (χ0n) is 16.4. The van der Waals surface area contributed by atoms with E-state index >= 15 is 0 Å². The summed E-state index contributed by atoms with van der Waals surface area (Å²) in [6.07, 6.45) is 3.90. The van der Waals surface area contributed by atoms with Crippen molar-refractivity contribution in [3.63, 3.8) is 0 Å². The molecule has 3 rings (SSSR count). The third kappa shape index (κ3) is 4.63. The lowest BCUT2D eigenvalue weighted by Gasteiger charge is -2.49. The van der Waals surface area contributed by atoms with Crippen LogP contribution in [0.1, 0.15) is 30.7 Å². The number of hydrogen-bond donors (Lipinski definition) is 0. The SMILES string of the molecule is COCC1CN(C(C)(C)Cc2ccc(Cc3ccc(OC)cc3)nc2)C1. The molecule has 0 unspecified atom stereocenters. The van der Waals surface area contributed by atoms with E-state index in [1.54, 1.807) is 14.2 Å². The zero-order chi connectivity index (χ0) is 18.6. The number of nitrogens with zero attached hydrogens (tertiary/aromatic N) is 2. The number of likely N-dealkylation sites (tertiary alicyclic amines) is 1. The van der Waals surface area contributed by atoms with Gasteiger partial charge in [-0.05, 0) is 49.6 Å². The minimum atomic E-state index is 0.156. The molecule has 140 valence electrons. The van der Waals surface area contributed by atoms with Crippen LogP contribution in [0, 0.1) is 5.92 Å². The molecule has 1 fully saturated rings. The summed E-state index contributed by atoms with van der Waals surface area (Å²) in [4.78, 5) is 7.22. The molecule has 2 aromatic rings. The molecule has 1 aromatic carbocycles. The highest BCUT2D eigenvalue weighted by atomic mass is 16.5. The highest BCUT2D eigenvalue weighted by Crippen LogP contribution is 2.29. The molecular weight excluding hydrogens is 324 g/mol. The summed E-state index contributed by atoms with van der Waals surface area (Å²) in [6, 6.07) is 12.6. The van der Waals surface area contributed by atoms with Gasteiger partial charge in [-0.1, -0.05) is 18.2 Å². The van der Waals surface area contributed by atoms with E-state index in [9.17, 15) is 0 Å². The van der Waals surface area contributed by atoms with Crippen molar-refractivity contribution in [2.45, 2.75) is 32.2 Å². The second-order valence-electron chi connectivity index (χ2n) is 7.90. The van der Waals surface area contributed by atoms with Crippen LogP contribution in [0.15, 0.2) is 42.6 Å². The number of ether oxygens (including phenoxy) is 2. The predicted octanol–water partition coefficient (Wildman–Crippen LogP) is 3.58. The number of aromatic nitrogens is 1. The van der Waals surface area contributed by atoms with E-state index in [-0.39, 0.29) is 5.54 Å². The van der Waals surface area contributed by atoms with Crippen molar-refractivity contribution in [2.75, 3.05) is 33.9 Å². The van der Waals surface area contributed by atoms with Gasteiger partial charge in [0.2, 0.25) is 0 Å². The lowest BCUT2D eigenvalue weighted by molar-refractivity contribution is -0.0277. The van der Waals surface area contributed by atoms with Crippen molar-refractivity contribution in [2.24, 2.45) is 5.92 Å². The summed E-state index contributed by atoms with van der Waals surface area (Å²) in [6.45, 7) is 7.77. The molecule has 1 aliphatic rings. The molecule has 4 heteroatoms. The average Bonchev–Trinajstić information content (AvgIpc) is 2.59. The van der Waals surface area contributed by atoms with Crippen LogP contribution in [0.25, 0.3) is 0 Å². The molecule has 0 N–H and O–H groups in total. The first kappa shape index (κ1) is 18.9. The Morgan fingerprint density at radius 3 is 2.31 bits per heavy atom. The normalized spacial score (nSPS) is 15.7. The van der Waals surface area contributed by atoms with E-state index in [2.05, 4.69) is 48.0 Å². The Morgan fingerprint density at radius 1 is 1.04 bits per heavy atom. The van der Waals surface area contributed by atoms with Crippen LogP contribution < -0.4 is 4.74 Å². The van der Waals surface area contributed by atoms with E-state index in [1.165, 1.54) is 11.1 Å². The first-order chi connectivity index (χ1) is 12.5. The van der Waals surface area contributed by atoms with E-state index in [0.717, 1.165) is 44.0 Å². The fourth-order valence-electron chi connectivity index (χ4n) is 3.63. The molecular formula is C22H30N2O2. The molecule has 0 amide bonds. The summed E-state index contributed by atoms with van der Waals surface area (Å²) >= 11 is 0. The van der Waals surface area contributed by atoms with Crippen LogP contribution in [-0.4, -0.2) is 49.3 Å². The van der Waals surface area contributed by atoms with Crippen molar-refractivity contribution < 1.29 is 9.47 Å². The Morgan fingerprint density at radius 2 is 1.73 bits per heavy atom. The fraction of sp³-hybridized carbons (Fsp3) is 0.500. The lowest BCUT2D eigenvalue weighted by atomic mass is 9.87. The quantitative estimate of drug-likeness (QED) is 0.726. The van der Waals surface area contributed by atoms with Crippen molar-refractivity contribution in [1.82, 2.24) is 9.88 Å². The molecule has 1 saturated heterocycles. The maximum absolute atomic E-state index is 5.26. The summed E-state index contributed by atoms with van der Waals surface area (Å²) in [5, 5.41) is 0. The van der Waals surface area contributed by atoms with E-state index in [4.69, 9.17) is 9.47 Å². The van der Waals surface area contributed by atoms with Gasteiger partial charge in [0.25, 0.3) is 0 Å². The summed E-state index contributed by atoms with van der Waals surface area (Å²) < 4.78 is 10.5. The van der Waals surface area contributed by atoms with Crippen LogP contribution in [0.2, 0.25) is 0 Å². The third-order valence-corrected chi connectivity index (χ3v) is 5.28. The van der Waals surface area contributed by atoms with Crippen molar-refractivity contribution in [1.29, 1.82) is 0 Å². The largest absolute Gasteiger partial charge is 0.497 e. The summed E-state index contributed by atoms with van der Waals surface area (Å²) in [5.41, 5.74) is 3.80. The molecule has 4 nitrogen and oxygen atoms in total. The van der Waals surface area contributed by atoms with Crippen molar-refractivity contribution in [3.8, 4) is 5.75 Å². The Labute approximate surface area is 157 Å². The van der Waals surface area contributed by atoms with Crippen LogP contribution >= 0.6 is 0 Å². The first-order valence-corrected chi connectivity index (χ1v) is 9.31. The maximum Gasteiger partial charge on any atom is 0.118 e. The number of hydrogen-bond acceptors (Lipinski definition) is 4. The molecule has 1 aliphatic heterocycles. The van der Waals surface area contributed by atoms with E-state index in [0.29, 0.717) is 5.92 Å². The van der Waals surface area contributed by atoms with Gasteiger partial charge in [-0.3, -0.25) is 9.88 Å². The third-order valence-electron chi connectivity index (χ3n) is 5.28. The molecule has 0 spiro atoms. The van der Waals surface area contributed by atoms with Crippen LogP contribution in [-0.2, 0) is 17.6 Å². The van der Waals surface area contributed by atoms with Gasteiger partial charge >= 0.3 is 0 Å². The zero-order valence-corrected chi connectivity index (χ0v) is 16.4. The topological polar surface area (TPSA) is 34.6 Å². The lowest BCUT2D eigenvalue weighted by Crippen LogP contribution is -2.59. The number of rotatable bonds is 8. The molecule has 0 saturated carbocycles. The molecule has 0 bridgehead atoms. The first-order valence-electron chi connectivity index (χ1n) is 9.31. The van der Waals surface area contributed by atoms with Gasteiger partial charge in [-0.15, -0.1) is 0 Å². The van der Waals surface area contributed by atoms with Gasteiger partial charge in [0, 0.05) is 50.0 Å². The summed E-state index contributed by atoms with van der Waals surface area (Å²) in [7, 11) is 3.47. The van der Waals surface area contributed by atoms with Crippen molar-refractivity contribution >= 4 is 0 Å². The van der Waals surface area contributed by atoms with Gasteiger partial charge in [-0.25, -0.2) is 0 Å². The second-order valence-corrected chi connectivity index (χ2v) is 7.90. The van der Waals surface area contributed by atoms with Gasteiger partial charge in [0.1, 0.15) is 5.75 Å². The highest BCUT2D eigenvalue weighted by molar-refractivity contribution is 5.30. The number of methoxy groups -OCH3 is 2. The molecule has 1 aromatic heterocycles. The molecule has 26 heavy (non-hydrogen) atoms. The highest BCUT2D eigenvalue weighted by Gasteiger charge is 2.37. The molecule has 0 radical (unpaired) electrons. The Hall–Kier alpha value is -1.91. The predicted molar refractivity (Wildman–Crippen MR) is 105 cm³/mol. The van der Waals surface area contributed by atoms with Gasteiger partial charge in [-0.2, -0.15) is 0 Å². The van der Waals surface area contributed by atoms with Gasteiger partial charge < -0.3 is 9.47 Å². The van der Waals surface area contributed by atoms with Gasteiger partial charge in [0.15, 0.2) is 0 Å². The Kier molecular flexibility index (Phi) is 5.94. The van der Waals surface area contributed by atoms with Gasteiger partial charge in [0.05, 0.1) is 13.7 Å². The fourth-order valence-corrected chi connectivity index (χ4v) is 3.63. The second kappa shape index (κ2) is 8.19. The molecule has 2 heterocycles. The Balaban J connectivity index is 1.55. The Bertz CT molecular complexity index is 689. The minimum Gasteiger partial charge on any atom is -0.497 e.